The van der Waals surface area contributed by atoms with Gasteiger partial charge in [0.15, 0.2) is 5.65 Å². The number of amides is 1. The second-order valence-corrected chi connectivity index (χ2v) is 7.93. The van der Waals surface area contributed by atoms with E-state index >= 15 is 0 Å². The van der Waals surface area contributed by atoms with Crippen molar-refractivity contribution in [2.24, 2.45) is 18.9 Å². The number of piperidine rings is 1. The molecule has 2 unspecified atom stereocenters. The van der Waals surface area contributed by atoms with Gasteiger partial charge in [0, 0.05) is 31.7 Å². The number of hydrogen-bond acceptors (Lipinski definition) is 3. The summed E-state index contributed by atoms with van der Waals surface area (Å²) in [7, 11) is 1.91. The predicted molar refractivity (Wildman–Crippen MR) is 94.1 cm³/mol. The molecule has 1 aliphatic heterocycles. The van der Waals surface area contributed by atoms with Gasteiger partial charge in [-0.05, 0) is 44.1 Å². The van der Waals surface area contributed by atoms with Gasteiger partial charge in [0.25, 0.3) is 5.91 Å². The van der Waals surface area contributed by atoms with Gasteiger partial charge in [-0.25, -0.2) is 4.98 Å². The van der Waals surface area contributed by atoms with E-state index in [1.807, 2.05) is 29.6 Å². The highest BCUT2D eigenvalue weighted by Crippen LogP contribution is 2.40. The summed E-state index contributed by atoms with van der Waals surface area (Å²) in [5.74, 6) is 1.80. The zero-order valence-electron chi connectivity index (χ0n) is 15.0. The largest absolute Gasteiger partial charge is 0.338 e. The van der Waals surface area contributed by atoms with Crippen molar-refractivity contribution in [3.05, 3.63) is 23.0 Å². The van der Waals surface area contributed by atoms with E-state index in [0.717, 1.165) is 41.1 Å². The molecule has 4 rings (SSSR count). The molecule has 1 saturated carbocycles. The SMILES string of the molecule is Cc1nn(C)c2nc(C3CC3)cc(C(=O)N3CC(C)CC(C)C3)c12. The average Bonchev–Trinajstić information content (AvgIpc) is 3.32. The molecule has 0 aromatic carbocycles. The first kappa shape index (κ1) is 15.6. The molecule has 5 nitrogen and oxygen atoms in total. The highest BCUT2D eigenvalue weighted by Gasteiger charge is 2.31. The van der Waals surface area contributed by atoms with Crippen molar-refractivity contribution in [1.82, 2.24) is 19.7 Å². The number of likely N-dealkylation sites (tertiary alicyclic amines) is 1. The first-order chi connectivity index (χ1) is 11.4. The molecule has 2 fully saturated rings. The standard InChI is InChI=1S/C19H26N4O/c1-11-7-12(2)10-23(9-11)19(24)15-8-16(14-5-6-14)20-18-17(15)13(3)21-22(18)4/h8,11-12,14H,5-7,9-10H2,1-4H3. The monoisotopic (exact) mass is 326 g/mol. The van der Waals surface area contributed by atoms with Crippen molar-refractivity contribution < 1.29 is 4.79 Å². The molecule has 128 valence electrons. The van der Waals surface area contributed by atoms with Crippen LogP contribution in [0.1, 0.15) is 60.8 Å². The topological polar surface area (TPSA) is 51.0 Å². The molecule has 0 bridgehead atoms. The summed E-state index contributed by atoms with van der Waals surface area (Å²) in [6.07, 6.45) is 3.57. The highest BCUT2D eigenvalue weighted by atomic mass is 16.2. The lowest BCUT2D eigenvalue weighted by Gasteiger charge is -2.35. The van der Waals surface area contributed by atoms with Crippen LogP contribution in [0.2, 0.25) is 0 Å². The Labute approximate surface area is 143 Å². The third-order valence-corrected chi connectivity index (χ3v) is 5.37. The molecule has 2 aromatic rings. The maximum absolute atomic E-state index is 13.3. The van der Waals surface area contributed by atoms with E-state index in [9.17, 15) is 4.79 Å². The number of nitrogens with zero attached hydrogens (tertiary/aromatic N) is 4. The number of fused-ring (bicyclic) bond motifs is 1. The van der Waals surface area contributed by atoms with Gasteiger partial charge in [-0.1, -0.05) is 13.8 Å². The van der Waals surface area contributed by atoms with Crippen LogP contribution < -0.4 is 0 Å². The van der Waals surface area contributed by atoms with E-state index in [2.05, 4.69) is 18.9 Å². The Hall–Kier alpha value is -1.91. The number of hydrogen-bond donors (Lipinski definition) is 0. The zero-order chi connectivity index (χ0) is 17.0. The molecule has 0 N–H and O–H groups in total. The van der Waals surface area contributed by atoms with Gasteiger partial charge in [-0.2, -0.15) is 5.10 Å². The van der Waals surface area contributed by atoms with E-state index < -0.39 is 0 Å². The number of aryl methyl sites for hydroxylation is 2. The van der Waals surface area contributed by atoms with Crippen molar-refractivity contribution in [1.29, 1.82) is 0 Å². The van der Waals surface area contributed by atoms with Crippen molar-refractivity contribution in [3.8, 4) is 0 Å². The Balaban J connectivity index is 1.81. The molecule has 3 heterocycles. The van der Waals surface area contributed by atoms with Crippen LogP contribution in [0.5, 0.6) is 0 Å². The van der Waals surface area contributed by atoms with E-state index in [0.29, 0.717) is 17.8 Å². The van der Waals surface area contributed by atoms with Crippen molar-refractivity contribution >= 4 is 16.9 Å². The summed E-state index contributed by atoms with van der Waals surface area (Å²) in [5.41, 5.74) is 3.60. The quantitative estimate of drug-likeness (QED) is 0.851. The molecular formula is C19H26N4O. The molecular weight excluding hydrogens is 300 g/mol. The van der Waals surface area contributed by atoms with Crippen LogP contribution in [-0.4, -0.2) is 38.7 Å². The molecule has 24 heavy (non-hydrogen) atoms. The van der Waals surface area contributed by atoms with Crippen LogP contribution in [0.15, 0.2) is 6.07 Å². The third-order valence-electron chi connectivity index (χ3n) is 5.37. The Bertz CT molecular complexity index is 795. The van der Waals surface area contributed by atoms with Crippen LogP contribution >= 0.6 is 0 Å². The van der Waals surface area contributed by atoms with Gasteiger partial charge in [0.1, 0.15) is 0 Å². The molecule has 1 saturated heterocycles. The molecule has 1 aliphatic carbocycles. The summed E-state index contributed by atoms with van der Waals surface area (Å²) < 4.78 is 1.81. The normalized spacial score (nSPS) is 24.6. The second kappa shape index (κ2) is 5.57. The van der Waals surface area contributed by atoms with Crippen LogP contribution in [0.25, 0.3) is 11.0 Å². The molecule has 5 heteroatoms. The summed E-state index contributed by atoms with van der Waals surface area (Å²) in [6.45, 7) is 8.15. The minimum Gasteiger partial charge on any atom is -0.338 e. The van der Waals surface area contributed by atoms with Gasteiger partial charge >= 0.3 is 0 Å². The van der Waals surface area contributed by atoms with Crippen molar-refractivity contribution in [3.63, 3.8) is 0 Å². The summed E-state index contributed by atoms with van der Waals surface area (Å²) in [4.78, 5) is 20.2. The zero-order valence-corrected chi connectivity index (χ0v) is 15.0. The molecule has 1 amide bonds. The van der Waals surface area contributed by atoms with E-state index in [4.69, 9.17) is 4.98 Å². The van der Waals surface area contributed by atoms with E-state index in [1.165, 1.54) is 19.3 Å². The number of carbonyl (C=O) groups is 1. The third kappa shape index (κ3) is 2.60. The maximum Gasteiger partial charge on any atom is 0.254 e. The van der Waals surface area contributed by atoms with Gasteiger partial charge in [-0.3, -0.25) is 9.48 Å². The smallest absolute Gasteiger partial charge is 0.254 e. The Morgan fingerprint density at radius 2 is 1.88 bits per heavy atom. The van der Waals surface area contributed by atoms with Crippen LogP contribution in [-0.2, 0) is 7.05 Å². The van der Waals surface area contributed by atoms with Gasteiger partial charge in [-0.15, -0.1) is 0 Å². The van der Waals surface area contributed by atoms with Crippen LogP contribution in [0.3, 0.4) is 0 Å². The predicted octanol–water partition coefficient (Wildman–Crippen LogP) is 3.27. The Morgan fingerprint density at radius 1 is 1.21 bits per heavy atom. The fraction of sp³-hybridized carbons (Fsp3) is 0.632. The highest BCUT2D eigenvalue weighted by molar-refractivity contribution is 6.06. The van der Waals surface area contributed by atoms with Gasteiger partial charge in [0.2, 0.25) is 0 Å². The fourth-order valence-corrected chi connectivity index (χ4v) is 4.22. The average molecular weight is 326 g/mol. The minimum absolute atomic E-state index is 0.152. The molecule has 2 aromatic heterocycles. The van der Waals surface area contributed by atoms with Crippen molar-refractivity contribution in [2.75, 3.05) is 13.1 Å². The summed E-state index contributed by atoms with van der Waals surface area (Å²) >= 11 is 0. The lowest BCUT2D eigenvalue weighted by atomic mass is 9.91. The van der Waals surface area contributed by atoms with Crippen LogP contribution in [0.4, 0.5) is 0 Å². The summed E-state index contributed by atoms with van der Waals surface area (Å²) in [5, 5.41) is 5.44. The summed E-state index contributed by atoms with van der Waals surface area (Å²) in [6, 6.07) is 2.04. The maximum atomic E-state index is 13.3. The molecule has 2 aliphatic rings. The molecule has 0 radical (unpaired) electrons. The number of rotatable bonds is 2. The lowest BCUT2D eigenvalue weighted by Crippen LogP contribution is -2.42. The molecule has 2 atom stereocenters. The van der Waals surface area contributed by atoms with Crippen molar-refractivity contribution in [2.45, 2.75) is 46.0 Å². The fourth-order valence-electron chi connectivity index (χ4n) is 4.22. The Morgan fingerprint density at radius 3 is 2.50 bits per heavy atom. The minimum atomic E-state index is 0.152. The van der Waals surface area contributed by atoms with Crippen LogP contribution in [0, 0.1) is 18.8 Å². The van der Waals surface area contributed by atoms with Gasteiger partial charge < -0.3 is 4.90 Å². The van der Waals surface area contributed by atoms with Gasteiger partial charge in [0.05, 0.1) is 16.6 Å². The first-order valence-corrected chi connectivity index (χ1v) is 9.07. The lowest BCUT2D eigenvalue weighted by molar-refractivity contribution is 0.0625. The Kier molecular flexibility index (Phi) is 3.62. The number of carbonyl (C=O) groups excluding carboxylic acids is 1. The van der Waals surface area contributed by atoms with E-state index in [-0.39, 0.29) is 5.91 Å². The second-order valence-electron chi connectivity index (χ2n) is 7.93. The first-order valence-electron chi connectivity index (χ1n) is 9.07. The molecule has 0 spiro atoms. The van der Waals surface area contributed by atoms with E-state index in [1.54, 1.807) is 0 Å². The number of aromatic nitrogens is 3. The number of pyridine rings is 1.